The molecule has 0 unspecified atom stereocenters. The van der Waals surface area contributed by atoms with Gasteiger partial charge in [-0.3, -0.25) is 9.36 Å². The van der Waals surface area contributed by atoms with Crippen LogP contribution in [0.3, 0.4) is 0 Å². The SMILES string of the molecule is CCN(CC)c1ccc(/C=c2/sc3n(c2=O)[C@H](c2ccc(Cl)cc2)C2=C(N=3)c3ccccc3CC2)cc1. The molecule has 0 bridgehead atoms. The van der Waals surface area contributed by atoms with Crippen LogP contribution < -0.4 is 19.8 Å². The van der Waals surface area contributed by atoms with Crippen molar-refractivity contribution in [1.82, 2.24) is 4.57 Å². The first kappa shape index (κ1) is 24.0. The summed E-state index contributed by atoms with van der Waals surface area (Å²) < 4.78 is 2.58. The second kappa shape index (κ2) is 9.81. The molecule has 37 heavy (non-hydrogen) atoms. The summed E-state index contributed by atoms with van der Waals surface area (Å²) in [4.78, 5) is 22.0. The van der Waals surface area contributed by atoms with E-state index in [1.54, 1.807) is 0 Å². The van der Waals surface area contributed by atoms with Gasteiger partial charge in [0.2, 0.25) is 0 Å². The lowest BCUT2D eigenvalue weighted by Crippen LogP contribution is -2.38. The number of hydrogen-bond acceptors (Lipinski definition) is 4. The molecule has 3 aromatic carbocycles. The quantitative estimate of drug-likeness (QED) is 0.329. The minimum Gasteiger partial charge on any atom is -0.372 e. The molecule has 2 aliphatic rings. The van der Waals surface area contributed by atoms with E-state index in [4.69, 9.17) is 16.6 Å². The van der Waals surface area contributed by atoms with E-state index in [-0.39, 0.29) is 11.6 Å². The van der Waals surface area contributed by atoms with Crippen molar-refractivity contribution in [3.05, 3.63) is 125 Å². The molecule has 0 spiro atoms. The van der Waals surface area contributed by atoms with E-state index in [9.17, 15) is 4.79 Å². The lowest BCUT2D eigenvalue weighted by molar-refractivity contribution is 0.585. The third-order valence-corrected chi connectivity index (χ3v) is 8.61. The van der Waals surface area contributed by atoms with Gasteiger partial charge in [-0.2, -0.15) is 0 Å². The number of halogens is 1. The maximum atomic E-state index is 13.9. The van der Waals surface area contributed by atoms with Crippen molar-refractivity contribution in [2.45, 2.75) is 32.7 Å². The Hall–Kier alpha value is -3.41. The van der Waals surface area contributed by atoms with Crippen LogP contribution in [0.25, 0.3) is 11.8 Å². The molecule has 4 nitrogen and oxygen atoms in total. The van der Waals surface area contributed by atoms with Gasteiger partial charge in [0.05, 0.1) is 16.3 Å². The van der Waals surface area contributed by atoms with Gasteiger partial charge in [-0.15, -0.1) is 0 Å². The number of aromatic nitrogens is 1. The first-order valence-corrected chi connectivity index (χ1v) is 14.0. The van der Waals surface area contributed by atoms with Crippen LogP contribution in [0.2, 0.25) is 5.02 Å². The van der Waals surface area contributed by atoms with Crippen LogP contribution in [0, 0.1) is 0 Å². The number of thiazole rings is 1. The van der Waals surface area contributed by atoms with E-state index in [1.807, 2.05) is 34.9 Å². The minimum atomic E-state index is -0.191. The van der Waals surface area contributed by atoms with Crippen LogP contribution in [0.1, 0.15) is 48.6 Å². The van der Waals surface area contributed by atoms with E-state index in [1.165, 1.54) is 33.7 Å². The predicted octanol–water partition coefficient (Wildman–Crippen LogP) is 5.82. The van der Waals surface area contributed by atoms with Crippen molar-refractivity contribution in [2.75, 3.05) is 18.0 Å². The Bertz CT molecular complexity index is 1680. The average molecular weight is 526 g/mol. The smallest absolute Gasteiger partial charge is 0.271 e. The second-order valence-corrected chi connectivity index (χ2v) is 10.9. The fourth-order valence-corrected chi connectivity index (χ4v) is 6.62. The van der Waals surface area contributed by atoms with Gasteiger partial charge >= 0.3 is 0 Å². The number of fused-ring (bicyclic) bond motifs is 3. The highest BCUT2D eigenvalue weighted by Gasteiger charge is 2.32. The summed E-state index contributed by atoms with van der Waals surface area (Å²) in [5, 5.41) is 0.688. The molecule has 0 fully saturated rings. The number of aryl methyl sites for hydroxylation is 1. The molecule has 0 radical (unpaired) electrons. The Balaban J connectivity index is 1.52. The zero-order valence-corrected chi connectivity index (χ0v) is 22.5. The normalized spacial score (nSPS) is 16.6. The van der Waals surface area contributed by atoms with Crippen LogP contribution in [0.15, 0.2) is 88.2 Å². The van der Waals surface area contributed by atoms with Gasteiger partial charge in [-0.25, -0.2) is 4.99 Å². The number of allylic oxidation sites excluding steroid dienone is 1. The van der Waals surface area contributed by atoms with E-state index in [0.717, 1.165) is 47.6 Å². The number of benzene rings is 3. The van der Waals surface area contributed by atoms with Crippen molar-refractivity contribution in [2.24, 2.45) is 4.99 Å². The Morgan fingerprint density at radius 1 is 1.00 bits per heavy atom. The summed E-state index contributed by atoms with van der Waals surface area (Å²) in [5.41, 5.74) is 7.96. The van der Waals surface area contributed by atoms with Crippen LogP contribution in [-0.2, 0) is 6.42 Å². The highest BCUT2D eigenvalue weighted by atomic mass is 35.5. The predicted molar refractivity (Wildman–Crippen MR) is 154 cm³/mol. The van der Waals surface area contributed by atoms with Crippen molar-refractivity contribution in [3.8, 4) is 0 Å². The maximum Gasteiger partial charge on any atom is 0.271 e. The highest BCUT2D eigenvalue weighted by molar-refractivity contribution is 7.07. The number of hydrogen-bond donors (Lipinski definition) is 0. The number of rotatable bonds is 5. The van der Waals surface area contributed by atoms with Crippen molar-refractivity contribution in [3.63, 3.8) is 0 Å². The summed E-state index contributed by atoms with van der Waals surface area (Å²) in [6.07, 6.45) is 3.81. The van der Waals surface area contributed by atoms with Crippen LogP contribution in [0.4, 0.5) is 5.69 Å². The molecular formula is C31H28ClN3OS. The lowest BCUT2D eigenvalue weighted by atomic mass is 9.83. The van der Waals surface area contributed by atoms with Crippen LogP contribution in [0.5, 0.6) is 0 Å². The van der Waals surface area contributed by atoms with E-state index >= 15 is 0 Å². The molecule has 0 amide bonds. The fraction of sp³-hybridized carbons (Fsp3) is 0.226. The molecule has 2 heterocycles. The summed E-state index contributed by atoms with van der Waals surface area (Å²) >= 11 is 7.69. The maximum absolute atomic E-state index is 13.9. The van der Waals surface area contributed by atoms with E-state index < -0.39 is 0 Å². The Morgan fingerprint density at radius 2 is 1.73 bits per heavy atom. The molecule has 186 valence electrons. The lowest BCUT2D eigenvalue weighted by Gasteiger charge is -2.30. The van der Waals surface area contributed by atoms with Gasteiger partial charge in [-0.1, -0.05) is 71.5 Å². The first-order valence-electron chi connectivity index (χ1n) is 12.8. The molecular weight excluding hydrogens is 498 g/mol. The van der Waals surface area contributed by atoms with Gasteiger partial charge in [-0.05, 0) is 79.3 Å². The van der Waals surface area contributed by atoms with Crippen molar-refractivity contribution >= 4 is 40.4 Å². The Morgan fingerprint density at radius 3 is 2.46 bits per heavy atom. The number of anilines is 1. The summed E-state index contributed by atoms with van der Waals surface area (Å²) in [6.45, 7) is 6.25. The van der Waals surface area contributed by atoms with Crippen molar-refractivity contribution < 1.29 is 0 Å². The van der Waals surface area contributed by atoms with E-state index in [2.05, 4.69) is 67.3 Å². The summed E-state index contributed by atoms with van der Waals surface area (Å²) in [5.74, 6) is 0. The molecule has 1 aliphatic heterocycles. The molecule has 0 saturated heterocycles. The molecule has 0 saturated carbocycles. The standard InChI is InChI=1S/C31H28ClN3OS/c1-3-34(4-2)24-16-9-20(10-17-24)19-27-30(36)35-29(22-11-14-23(32)15-12-22)26-18-13-21-7-5-6-8-25(21)28(26)33-31(35)37-27/h5-12,14-17,19,29H,3-4,13,18H2,1-2H3/b27-19+/t29-/m1/s1. The third kappa shape index (κ3) is 4.26. The summed E-state index contributed by atoms with van der Waals surface area (Å²) in [7, 11) is 0. The van der Waals surface area contributed by atoms with Gasteiger partial charge in [0.1, 0.15) is 0 Å². The molecule has 6 rings (SSSR count). The zero-order valence-electron chi connectivity index (χ0n) is 20.9. The molecule has 4 aromatic rings. The molecule has 1 aliphatic carbocycles. The monoisotopic (exact) mass is 525 g/mol. The average Bonchev–Trinajstić information content (AvgIpc) is 3.24. The molecule has 1 aromatic heterocycles. The van der Waals surface area contributed by atoms with Crippen LogP contribution in [-0.4, -0.2) is 17.7 Å². The molecule has 0 N–H and O–H groups in total. The Labute approximate surface area is 225 Å². The largest absolute Gasteiger partial charge is 0.372 e. The van der Waals surface area contributed by atoms with Crippen molar-refractivity contribution in [1.29, 1.82) is 0 Å². The van der Waals surface area contributed by atoms with Gasteiger partial charge < -0.3 is 4.90 Å². The minimum absolute atomic E-state index is 0.00179. The van der Waals surface area contributed by atoms with E-state index in [0.29, 0.717) is 9.55 Å². The van der Waals surface area contributed by atoms with Gasteiger partial charge in [0.15, 0.2) is 4.80 Å². The first-order chi connectivity index (χ1) is 18.1. The topological polar surface area (TPSA) is 37.6 Å². The Kier molecular flexibility index (Phi) is 6.35. The highest BCUT2D eigenvalue weighted by Crippen LogP contribution is 2.41. The molecule has 6 heteroatoms. The third-order valence-electron chi connectivity index (χ3n) is 7.38. The van der Waals surface area contributed by atoms with Gasteiger partial charge in [0, 0.05) is 29.4 Å². The molecule has 1 atom stereocenters. The zero-order chi connectivity index (χ0) is 25.5. The van der Waals surface area contributed by atoms with Crippen LogP contribution >= 0.6 is 22.9 Å². The fourth-order valence-electron chi connectivity index (χ4n) is 5.49. The summed E-state index contributed by atoms with van der Waals surface area (Å²) in [6, 6.07) is 24.6. The van der Waals surface area contributed by atoms with Gasteiger partial charge in [0.25, 0.3) is 5.56 Å². The second-order valence-electron chi connectivity index (χ2n) is 9.43. The number of nitrogens with zero attached hydrogens (tertiary/aromatic N) is 3.